The van der Waals surface area contributed by atoms with Crippen molar-refractivity contribution in [2.75, 3.05) is 5.73 Å². The number of aromatic nitrogens is 4. The monoisotopic (exact) mass is 351 g/mol. The molecule has 0 aliphatic rings. The van der Waals surface area contributed by atoms with Crippen LogP contribution in [0.5, 0.6) is 0 Å². The van der Waals surface area contributed by atoms with Crippen molar-refractivity contribution < 1.29 is 0 Å². The molecule has 3 rings (SSSR count). The van der Waals surface area contributed by atoms with Gasteiger partial charge in [-0.05, 0) is 23.8 Å². The fraction of sp³-hybridized carbons (Fsp3) is 0.211. The zero-order valence-corrected chi connectivity index (χ0v) is 14.9. The molecule has 26 heavy (non-hydrogen) atoms. The molecular formula is C19H21N5O2. The average Bonchev–Trinajstić information content (AvgIpc) is 3.03. The van der Waals surface area contributed by atoms with Gasteiger partial charge in [0.25, 0.3) is 11.1 Å². The molecule has 7 nitrogen and oxygen atoms in total. The number of anilines is 1. The van der Waals surface area contributed by atoms with E-state index < -0.39 is 11.1 Å². The molecule has 0 saturated heterocycles. The van der Waals surface area contributed by atoms with Gasteiger partial charge in [0.2, 0.25) is 0 Å². The molecule has 134 valence electrons. The van der Waals surface area contributed by atoms with Gasteiger partial charge in [-0.2, -0.15) is 0 Å². The zero-order chi connectivity index (χ0) is 18.9. The minimum absolute atomic E-state index is 0.142. The molecule has 0 aliphatic heterocycles. The number of imidazole rings is 1. The first-order chi connectivity index (χ1) is 12.3. The number of aromatic amines is 3. The number of para-hydroxylation sites is 1. The fourth-order valence-corrected chi connectivity index (χ4v) is 2.65. The van der Waals surface area contributed by atoms with E-state index in [1.807, 2.05) is 26.8 Å². The maximum absolute atomic E-state index is 12.4. The summed E-state index contributed by atoms with van der Waals surface area (Å²) < 4.78 is 0. The number of rotatable bonds is 2. The first-order valence-electron chi connectivity index (χ1n) is 8.20. The van der Waals surface area contributed by atoms with Gasteiger partial charge >= 0.3 is 0 Å². The van der Waals surface area contributed by atoms with Crippen LogP contribution < -0.4 is 27.6 Å². The van der Waals surface area contributed by atoms with E-state index in [0.717, 1.165) is 5.69 Å². The molecule has 0 aliphatic carbocycles. The highest BCUT2D eigenvalue weighted by Gasteiger charge is 2.19. The van der Waals surface area contributed by atoms with E-state index in [4.69, 9.17) is 5.73 Å². The molecule has 2 aromatic heterocycles. The highest BCUT2D eigenvalue weighted by Crippen LogP contribution is 2.22. The normalized spacial score (nSPS) is 13.3. The number of nitrogens with one attached hydrogen (secondary N) is 3. The van der Waals surface area contributed by atoms with E-state index in [2.05, 4.69) is 19.9 Å². The number of nitrogens with two attached hydrogens (primary N) is 1. The minimum atomic E-state index is -0.410. The summed E-state index contributed by atoms with van der Waals surface area (Å²) in [6.07, 6.45) is 4.69. The minimum Gasteiger partial charge on any atom is -0.398 e. The van der Waals surface area contributed by atoms with Crippen LogP contribution in [0.3, 0.4) is 0 Å². The highest BCUT2D eigenvalue weighted by atomic mass is 16.1. The number of nitrogen functional groups attached to an aromatic ring is 1. The lowest BCUT2D eigenvalue weighted by atomic mass is 9.90. The first kappa shape index (κ1) is 17.5. The van der Waals surface area contributed by atoms with E-state index >= 15 is 0 Å². The maximum Gasteiger partial charge on any atom is 0.272 e. The summed E-state index contributed by atoms with van der Waals surface area (Å²) >= 11 is 0. The van der Waals surface area contributed by atoms with Crippen molar-refractivity contribution in [2.24, 2.45) is 0 Å². The average molecular weight is 351 g/mol. The van der Waals surface area contributed by atoms with Crippen LogP contribution in [-0.4, -0.2) is 19.9 Å². The highest BCUT2D eigenvalue weighted by molar-refractivity contribution is 5.63. The molecule has 0 amide bonds. The van der Waals surface area contributed by atoms with Crippen LogP contribution in [0.25, 0.3) is 12.2 Å². The van der Waals surface area contributed by atoms with Crippen molar-refractivity contribution in [1.82, 2.24) is 19.9 Å². The molecule has 0 saturated carbocycles. The van der Waals surface area contributed by atoms with Crippen molar-refractivity contribution in [2.45, 2.75) is 26.2 Å². The smallest absolute Gasteiger partial charge is 0.272 e. The van der Waals surface area contributed by atoms with Gasteiger partial charge in [0.05, 0.1) is 12.0 Å². The third kappa shape index (κ3) is 3.51. The van der Waals surface area contributed by atoms with Gasteiger partial charge < -0.3 is 20.7 Å². The van der Waals surface area contributed by atoms with E-state index in [-0.39, 0.29) is 16.1 Å². The largest absolute Gasteiger partial charge is 0.398 e. The number of hydrogen-bond acceptors (Lipinski definition) is 4. The molecule has 0 radical (unpaired) electrons. The third-order valence-corrected chi connectivity index (χ3v) is 3.98. The van der Waals surface area contributed by atoms with Gasteiger partial charge in [-0.3, -0.25) is 9.59 Å². The van der Waals surface area contributed by atoms with Gasteiger partial charge in [0, 0.05) is 16.8 Å². The topological polar surface area (TPSA) is 120 Å². The molecule has 5 N–H and O–H groups in total. The summed E-state index contributed by atoms with van der Waals surface area (Å²) in [5.41, 5.74) is 7.57. The Balaban J connectivity index is 2.16. The number of H-pyrrole nitrogens is 3. The second-order valence-electron chi connectivity index (χ2n) is 7.07. The van der Waals surface area contributed by atoms with Crippen molar-refractivity contribution in [3.8, 4) is 0 Å². The fourth-order valence-electron chi connectivity index (χ4n) is 2.65. The van der Waals surface area contributed by atoms with E-state index in [1.54, 1.807) is 36.7 Å². The van der Waals surface area contributed by atoms with Gasteiger partial charge in [0.1, 0.15) is 10.7 Å². The lowest BCUT2D eigenvalue weighted by Crippen LogP contribution is -2.46. The van der Waals surface area contributed by atoms with E-state index in [9.17, 15) is 9.59 Å². The van der Waals surface area contributed by atoms with Crippen LogP contribution in [0.4, 0.5) is 5.69 Å². The third-order valence-electron chi connectivity index (χ3n) is 3.98. The van der Waals surface area contributed by atoms with Gasteiger partial charge in [-0.15, -0.1) is 0 Å². The molecule has 0 fully saturated rings. The standard InChI is InChI=1S/C19H21N5O2/c1-19(2,3)16-13(21-10-22-16)9-15-18(26)23-14(17(25)24-15)8-11-6-4-5-7-12(11)20/h4-10H,20H2,1-3H3,(H,21,22)(H,23,26)(H,24,25)/b14-8+,15-9+. The molecule has 0 spiro atoms. The Morgan fingerprint density at radius 1 is 1.00 bits per heavy atom. The molecule has 0 unspecified atom stereocenters. The van der Waals surface area contributed by atoms with Crippen LogP contribution in [0.15, 0.2) is 40.2 Å². The maximum atomic E-state index is 12.4. The van der Waals surface area contributed by atoms with Gasteiger partial charge in [0.15, 0.2) is 0 Å². The van der Waals surface area contributed by atoms with Crippen molar-refractivity contribution in [1.29, 1.82) is 0 Å². The Morgan fingerprint density at radius 3 is 2.23 bits per heavy atom. The zero-order valence-electron chi connectivity index (χ0n) is 14.9. The molecule has 7 heteroatoms. The second kappa shape index (κ2) is 6.51. The number of nitrogens with zero attached hydrogens (tertiary/aromatic N) is 1. The molecular weight excluding hydrogens is 330 g/mol. The molecule has 0 atom stereocenters. The van der Waals surface area contributed by atoms with Crippen LogP contribution in [0, 0.1) is 0 Å². The van der Waals surface area contributed by atoms with Crippen molar-refractivity contribution in [3.63, 3.8) is 0 Å². The Labute approximate surface area is 149 Å². The number of hydrogen-bond donors (Lipinski definition) is 4. The van der Waals surface area contributed by atoms with Gasteiger partial charge in [-0.1, -0.05) is 39.0 Å². The Morgan fingerprint density at radius 2 is 1.62 bits per heavy atom. The Hall–Kier alpha value is -3.35. The summed E-state index contributed by atoms with van der Waals surface area (Å²) in [6, 6.07) is 7.11. The summed E-state index contributed by atoms with van der Waals surface area (Å²) in [5, 5.41) is 0.286. The first-order valence-corrected chi connectivity index (χ1v) is 8.20. The molecule has 2 heterocycles. The SMILES string of the molecule is CC(C)(C)c1[nH]cnc1/C=c1/[nH]c(=O)/c(=C\c2ccccc2N)[nH]c1=O. The second-order valence-corrected chi connectivity index (χ2v) is 7.07. The lowest BCUT2D eigenvalue weighted by molar-refractivity contribution is 0.571. The Kier molecular flexibility index (Phi) is 4.38. The Bertz CT molecular complexity index is 1180. The van der Waals surface area contributed by atoms with Gasteiger partial charge in [-0.25, -0.2) is 4.98 Å². The van der Waals surface area contributed by atoms with E-state index in [0.29, 0.717) is 16.9 Å². The summed E-state index contributed by atoms with van der Waals surface area (Å²) in [6.45, 7) is 6.10. The van der Waals surface area contributed by atoms with Crippen LogP contribution in [0.1, 0.15) is 37.7 Å². The molecule has 0 bridgehead atoms. The molecule has 3 aromatic rings. The molecule has 1 aromatic carbocycles. The predicted octanol–water partition coefficient (Wildman–Crippen LogP) is 0.324. The predicted molar refractivity (Wildman–Crippen MR) is 102 cm³/mol. The van der Waals surface area contributed by atoms with Crippen molar-refractivity contribution in [3.05, 3.63) is 78.9 Å². The quantitative estimate of drug-likeness (QED) is 0.497. The number of benzene rings is 1. The lowest BCUT2D eigenvalue weighted by Gasteiger charge is -2.16. The summed E-state index contributed by atoms with van der Waals surface area (Å²) in [7, 11) is 0. The van der Waals surface area contributed by atoms with Crippen LogP contribution >= 0.6 is 0 Å². The van der Waals surface area contributed by atoms with Crippen LogP contribution in [0.2, 0.25) is 0 Å². The summed E-state index contributed by atoms with van der Waals surface area (Å²) in [5.74, 6) is 0. The van der Waals surface area contributed by atoms with E-state index in [1.165, 1.54) is 0 Å². The summed E-state index contributed by atoms with van der Waals surface area (Å²) in [4.78, 5) is 37.3. The van der Waals surface area contributed by atoms with Crippen molar-refractivity contribution >= 4 is 17.8 Å². The van der Waals surface area contributed by atoms with Crippen LogP contribution in [-0.2, 0) is 5.41 Å².